The number of hydrogen-bond acceptors (Lipinski definition) is 10. The number of aromatic nitrogens is 3. The van der Waals surface area contributed by atoms with Crippen molar-refractivity contribution in [3.05, 3.63) is 46.9 Å². The van der Waals surface area contributed by atoms with Crippen LogP contribution in [0.15, 0.2) is 34.4 Å². The summed E-state index contributed by atoms with van der Waals surface area (Å²) in [6, 6.07) is 4.06. The number of carbonyl (C=O) groups is 3. The van der Waals surface area contributed by atoms with Gasteiger partial charge < -0.3 is 24.6 Å². The molecule has 2 N–H and O–H groups in total. The molecule has 3 aromatic rings. The average molecular weight is 542 g/mol. The lowest BCUT2D eigenvalue weighted by molar-refractivity contribution is -0.141. The molecule has 4 heterocycles. The van der Waals surface area contributed by atoms with Gasteiger partial charge in [-0.3, -0.25) is 19.4 Å². The average Bonchev–Trinajstić information content (AvgIpc) is 3.62. The largest absolute Gasteiger partial charge is 0.468 e. The Bertz CT molecular complexity index is 1270. The van der Waals surface area contributed by atoms with Crippen LogP contribution in [0.2, 0.25) is 0 Å². The molecule has 0 bridgehead atoms. The molecule has 0 aliphatic carbocycles. The number of aryl methyl sites for hydroxylation is 1. The highest BCUT2D eigenvalue weighted by atomic mass is 32.1. The van der Waals surface area contributed by atoms with E-state index >= 15 is 0 Å². The number of amides is 2. The van der Waals surface area contributed by atoms with Crippen molar-refractivity contribution in [3.8, 4) is 16.5 Å². The van der Waals surface area contributed by atoms with E-state index < -0.39 is 18.1 Å². The standard InChI is InChI=1S/C26H31N5O6S/c1-14(2)23(21-10-22(30-37-21)36-8-7-32)26(35)31-12-18(33)9-20(31)25(34)29-15(3)17-5-6-19(27-11-17)24-16(4)28-13-38-24/h5-7,10-11,13-15,18,20,23,33H,8-9,12H2,1-4H3,(H,29,34)/t15-,18+,20-,23?/m0/s1. The highest BCUT2D eigenvalue weighted by molar-refractivity contribution is 7.13. The summed E-state index contributed by atoms with van der Waals surface area (Å²) in [4.78, 5) is 48.7. The summed E-state index contributed by atoms with van der Waals surface area (Å²) >= 11 is 1.52. The minimum absolute atomic E-state index is 0.0294. The van der Waals surface area contributed by atoms with Crippen LogP contribution in [0.3, 0.4) is 0 Å². The van der Waals surface area contributed by atoms with Gasteiger partial charge in [0.05, 0.1) is 33.9 Å². The number of aliphatic hydroxyl groups is 1. The van der Waals surface area contributed by atoms with Crippen LogP contribution in [0.4, 0.5) is 0 Å². The van der Waals surface area contributed by atoms with Crippen LogP contribution in [-0.2, 0) is 14.4 Å². The fourth-order valence-corrected chi connectivity index (χ4v) is 5.34. The second kappa shape index (κ2) is 11.8. The number of thiazole rings is 1. The molecule has 4 atom stereocenters. The molecule has 1 fully saturated rings. The molecule has 1 unspecified atom stereocenters. The van der Waals surface area contributed by atoms with Gasteiger partial charge in [-0.15, -0.1) is 11.3 Å². The van der Waals surface area contributed by atoms with Gasteiger partial charge in [0.25, 0.3) is 5.88 Å². The van der Waals surface area contributed by atoms with Crippen LogP contribution in [0.25, 0.3) is 10.6 Å². The minimum atomic E-state index is -0.845. The number of hydrogen-bond donors (Lipinski definition) is 2. The van der Waals surface area contributed by atoms with Crippen LogP contribution >= 0.6 is 11.3 Å². The Balaban J connectivity index is 1.46. The molecule has 1 saturated heterocycles. The summed E-state index contributed by atoms with van der Waals surface area (Å²) in [5.41, 5.74) is 4.31. The predicted molar refractivity (Wildman–Crippen MR) is 138 cm³/mol. The molecule has 12 heteroatoms. The van der Waals surface area contributed by atoms with E-state index in [-0.39, 0.29) is 55.0 Å². The van der Waals surface area contributed by atoms with E-state index in [0.717, 1.165) is 21.8 Å². The van der Waals surface area contributed by atoms with Crippen LogP contribution in [0.1, 0.15) is 56.2 Å². The maximum atomic E-state index is 13.6. The first-order valence-electron chi connectivity index (χ1n) is 12.4. The van der Waals surface area contributed by atoms with Crippen molar-refractivity contribution in [2.45, 2.75) is 58.2 Å². The lowest BCUT2D eigenvalue weighted by atomic mass is 9.91. The molecule has 202 valence electrons. The van der Waals surface area contributed by atoms with Crippen molar-refractivity contribution in [2.24, 2.45) is 5.92 Å². The van der Waals surface area contributed by atoms with Crippen molar-refractivity contribution >= 4 is 29.4 Å². The molecule has 38 heavy (non-hydrogen) atoms. The van der Waals surface area contributed by atoms with Gasteiger partial charge in [0.1, 0.15) is 18.6 Å². The van der Waals surface area contributed by atoms with E-state index in [1.807, 2.05) is 39.8 Å². The molecule has 4 rings (SSSR count). The third kappa shape index (κ3) is 5.91. The van der Waals surface area contributed by atoms with Gasteiger partial charge >= 0.3 is 0 Å². The minimum Gasteiger partial charge on any atom is -0.468 e. The second-order valence-electron chi connectivity index (χ2n) is 9.64. The van der Waals surface area contributed by atoms with Gasteiger partial charge in [-0.05, 0) is 36.6 Å². The SMILES string of the molecule is Cc1ncsc1-c1ccc([C@H](C)NC(=O)[C@@H]2C[C@@H](O)CN2C(=O)C(c2cc(OCC=O)no2)C(C)C)cn1. The van der Waals surface area contributed by atoms with Crippen molar-refractivity contribution in [3.63, 3.8) is 0 Å². The van der Waals surface area contributed by atoms with E-state index in [2.05, 4.69) is 20.4 Å². The quantitative estimate of drug-likeness (QED) is 0.370. The lowest BCUT2D eigenvalue weighted by Crippen LogP contribution is -2.48. The number of rotatable bonds is 10. The summed E-state index contributed by atoms with van der Waals surface area (Å²) in [7, 11) is 0. The van der Waals surface area contributed by atoms with Gasteiger partial charge in [-0.2, -0.15) is 0 Å². The topological polar surface area (TPSA) is 148 Å². The zero-order valence-electron chi connectivity index (χ0n) is 21.7. The lowest BCUT2D eigenvalue weighted by Gasteiger charge is -2.29. The van der Waals surface area contributed by atoms with Crippen LogP contribution < -0.4 is 10.1 Å². The van der Waals surface area contributed by atoms with Crippen LogP contribution in [-0.4, -0.2) is 68.5 Å². The van der Waals surface area contributed by atoms with Crippen molar-refractivity contribution in [1.82, 2.24) is 25.3 Å². The Morgan fingerprint density at radius 1 is 1.32 bits per heavy atom. The Morgan fingerprint density at radius 3 is 2.74 bits per heavy atom. The molecule has 0 radical (unpaired) electrons. The molecule has 0 saturated carbocycles. The van der Waals surface area contributed by atoms with Crippen LogP contribution in [0, 0.1) is 12.8 Å². The Hall–Kier alpha value is -3.64. The van der Waals surface area contributed by atoms with E-state index in [4.69, 9.17) is 9.26 Å². The molecule has 2 amide bonds. The monoisotopic (exact) mass is 541 g/mol. The molecule has 0 aromatic carbocycles. The number of aldehydes is 1. The first-order valence-corrected chi connectivity index (χ1v) is 13.3. The van der Waals surface area contributed by atoms with Gasteiger partial charge in [0, 0.05) is 25.2 Å². The van der Waals surface area contributed by atoms with E-state index in [1.54, 1.807) is 11.7 Å². The fourth-order valence-electron chi connectivity index (χ4n) is 4.56. The molecule has 1 aliphatic rings. The second-order valence-corrected chi connectivity index (χ2v) is 10.5. The highest BCUT2D eigenvalue weighted by Crippen LogP contribution is 2.32. The number of nitrogens with zero attached hydrogens (tertiary/aromatic N) is 4. The van der Waals surface area contributed by atoms with Gasteiger partial charge in [0.2, 0.25) is 11.8 Å². The number of carbonyl (C=O) groups excluding carboxylic acids is 3. The van der Waals surface area contributed by atoms with Crippen molar-refractivity contribution in [2.75, 3.05) is 13.2 Å². The smallest absolute Gasteiger partial charge is 0.254 e. The molecule has 0 spiro atoms. The highest BCUT2D eigenvalue weighted by Gasteiger charge is 2.43. The molecular formula is C26H31N5O6S. The number of ether oxygens (including phenoxy) is 1. The van der Waals surface area contributed by atoms with Gasteiger partial charge in [-0.1, -0.05) is 19.9 Å². The summed E-state index contributed by atoms with van der Waals surface area (Å²) in [6.07, 6.45) is 1.60. The van der Waals surface area contributed by atoms with E-state index in [0.29, 0.717) is 6.29 Å². The Morgan fingerprint density at radius 2 is 2.11 bits per heavy atom. The van der Waals surface area contributed by atoms with E-state index in [9.17, 15) is 19.5 Å². The molecular weight excluding hydrogens is 510 g/mol. The van der Waals surface area contributed by atoms with Crippen molar-refractivity contribution in [1.29, 1.82) is 0 Å². The van der Waals surface area contributed by atoms with Crippen molar-refractivity contribution < 1.29 is 28.8 Å². The first-order chi connectivity index (χ1) is 18.2. The number of aliphatic hydroxyl groups excluding tert-OH is 1. The molecule has 11 nitrogen and oxygen atoms in total. The molecule has 1 aliphatic heterocycles. The summed E-state index contributed by atoms with van der Waals surface area (Å²) < 4.78 is 10.5. The Kier molecular flexibility index (Phi) is 8.52. The Labute approximate surface area is 224 Å². The maximum absolute atomic E-state index is 13.6. The summed E-state index contributed by atoms with van der Waals surface area (Å²) in [5, 5.41) is 17.1. The number of β-amino-alcohol motifs (C(OH)–C–C–N with tert-alkyl or cyclic N) is 1. The van der Waals surface area contributed by atoms with Gasteiger partial charge in [-0.25, -0.2) is 4.98 Å². The maximum Gasteiger partial charge on any atom is 0.254 e. The zero-order chi connectivity index (χ0) is 27.4. The normalized spacial score (nSPS) is 18.8. The number of pyridine rings is 1. The fraction of sp³-hybridized carbons (Fsp3) is 0.462. The summed E-state index contributed by atoms with van der Waals surface area (Å²) in [6.45, 7) is 7.32. The predicted octanol–water partition coefficient (Wildman–Crippen LogP) is 2.66. The third-order valence-electron chi connectivity index (χ3n) is 6.53. The van der Waals surface area contributed by atoms with E-state index in [1.165, 1.54) is 22.3 Å². The zero-order valence-corrected chi connectivity index (χ0v) is 22.5. The number of nitrogens with one attached hydrogen (secondary N) is 1. The van der Waals surface area contributed by atoms with Crippen LogP contribution in [0.5, 0.6) is 5.88 Å². The first kappa shape index (κ1) is 27.4. The molecule has 3 aromatic heterocycles. The number of likely N-dealkylation sites (tertiary alicyclic amines) is 1. The summed E-state index contributed by atoms with van der Waals surface area (Å²) in [5.74, 6) is -1.29. The van der Waals surface area contributed by atoms with Gasteiger partial charge in [0.15, 0.2) is 12.0 Å². The third-order valence-corrected chi connectivity index (χ3v) is 7.48.